The van der Waals surface area contributed by atoms with Crippen molar-refractivity contribution in [2.75, 3.05) is 62.7 Å². The number of benzene rings is 2. The van der Waals surface area contributed by atoms with Crippen molar-refractivity contribution < 1.29 is 32.0 Å². The maximum atomic E-state index is 15.2. The molecule has 4 heterocycles. The van der Waals surface area contributed by atoms with Crippen molar-refractivity contribution in [1.82, 2.24) is 19.6 Å². The van der Waals surface area contributed by atoms with Gasteiger partial charge in [-0.05, 0) is 97.6 Å². The van der Waals surface area contributed by atoms with Crippen LogP contribution < -0.4 is 19.7 Å². The fourth-order valence-electron chi connectivity index (χ4n) is 10.4. The first kappa shape index (κ1) is 42.3. The Morgan fingerprint density at radius 2 is 1.84 bits per heavy atom. The molecule has 2 aliphatic heterocycles. The topological polar surface area (TPSA) is 172 Å². The Balaban J connectivity index is 0.923. The molecule has 5 aliphatic rings. The van der Waals surface area contributed by atoms with Crippen LogP contribution in [0.3, 0.4) is 0 Å². The van der Waals surface area contributed by atoms with E-state index in [-0.39, 0.29) is 49.6 Å². The van der Waals surface area contributed by atoms with E-state index in [1.165, 1.54) is 50.4 Å². The lowest BCUT2D eigenvalue weighted by atomic mass is 9.69. The van der Waals surface area contributed by atoms with Crippen molar-refractivity contribution in [3.8, 4) is 11.5 Å². The highest BCUT2D eigenvalue weighted by atomic mass is 32.2. The summed E-state index contributed by atoms with van der Waals surface area (Å²) < 4.78 is 56.2. The highest BCUT2D eigenvalue weighted by Gasteiger charge is 2.54. The number of hydrogen-bond donors (Lipinski definition) is 3. The number of alkyl halides is 1. The Morgan fingerprint density at radius 1 is 1.05 bits per heavy atom. The van der Waals surface area contributed by atoms with Crippen LogP contribution in [0.25, 0.3) is 11.0 Å². The molecular weight excluding hydrogens is 814 g/mol. The van der Waals surface area contributed by atoms with Crippen LogP contribution in [0.4, 0.5) is 21.5 Å². The van der Waals surface area contributed by atoms with Gasteiger partial charge in [0.15, 0.2) is 0 Å². The number of carbonyl (C=O) groups is 1. The summed E-state index contributed by atoms with van der Waals surface area (Å²) in [7, 11) is -4.62. The lowest BCUT2D eigenvalue weighted by Crippen LogP contribution is -2.47. The summed E-state index contributed by atoms with van der Waals surface area (Å²) in [4.78, 5) is 37.0. The van der Waals surface area contributed by atoms with Crippen LogP contribution >= 0.6 is 0 Å². The van der Waals surface area contributed by atoms with Gasteiger partial charge in [-0.1, -0.05) is 31.9 Å². The molecule has 0 spiro atoms. The van der Waals surface area contributed by atoms with Gasteiger partial charge in [-0.2, -0.15) is 0 Å². The number of halogens is 1. The van der Waals surface area contributed by atoms with E-state index in [2.05, 4.69) is 50.6 Å². The van der Waals surface area contributed by atoms with E-state index in [9.17, 15) is 23.3 Å². The van der Waals surface area contributed by atoms with Crippen molar-refractivity contribution in [2.24, 2.45) is 29.1 Å². The molecule has 1 amide bonds. The van der Waals surface area contributed by atoms with E-state index in [0.717, 1.165) is 79.6 Å². The van der Waals surface area contributed by atoms with Crippen LogP contribution in [-0.4, -0.2) is 92.3 Å². The van der Waals surface area contributed by atoms with E-state index in [4.69, 9.17) is 9.47 Å². The number of fused-ring (bicyclic) bond motifs is 2. The van der Waals surface area contributed by atoms with Gasteiger partial charge in [0.2, 0.25) is 0 Å². The molecule has 62 heavy (non-hydrogen) atoms. The number of anilines is 2. The van der Waals surface area contributed by atoms with Crippen LogP contribution in [0.5, 0.6) is 11.5 Å². The summed E-state index contributed by atoms with van der Waals surface area (Å²) in [6.07, 6.45) is 9.88. The van der Waals surface area contributed by atoms with Crippen LogP contribution in [-0.2, 0) is 14.8 Å². The second-order valence-electron chi connectivity index (χ2n) is 19.0. The lowest BCUT2D eigenvalue weighted by Gasteiger charge is -2.40. The van der Waals surface area contributed by atoms with E-state index < -0.39 is 37.1 Å². The highest BCUT2D eigenvalue weighted by Crippen LogP contribution is 2.62. The number of nitrogens with zero attached hydrogens (tertiary/aromatic N) is 4. The Morgan fingerprint density at radius 3 is 2.56 bits per heavy atom. The number of aromatic amines is 1. The molecule has 4 atom stereocenters. The molecule has 4 fully saturated rings. The molecule has 3 N–H and O–H groups in total. The number of hydrogen-bond acceptors (Lipinski definition) is 11. The van der Waals surface area contributed by atoms with Crippen LogP contribution in [0.2, 0.25) is 0 Å². The largest absolute Gasteiger partial charge is 0.455 e. The number of amides is 1. The summed E-state index contributed by atoms with van der Waals surface area (Å²) >= 11 is 0. The summed E-state index contributed by atoms with van der Waals surface area (Å²) in [5, 5.41) is 15.6. The Bertz CT molecular complexity index is 2510. The van der Waals surface area contributed by atoms with Gasteiger partial charge in [0.25, 0.3) is 21.6 Å². The van der Waals surface area contributed by atoms with Crippen molar-refractivity contribution in [3.05, 3.63) is 87.7 Å². The predicted molar refractivity (Wildman–Crippen MR) is 235 cm³/mol. The number of rotatable bonds is 13. The normalized spacial score (nSPS) is 24.7. The molecule has 2 aromatic carbocycles. The quantitative estimate of drug-likeness (QED) is 0.0672. The number of ether oxygens (including phenoxy) is 2. The molecule has 16 heteroatoms. The number of aromatic nitrogens is 2. The monoisotopic (exact) mass is 869 g/mol. The van der Waals surface area contributed by atoms with Gasteiger partial charge in [0.1, 0.15) is 28.5 Å². The molecule has 4 aromatic rings. The first-order valence-corrected chi connectivity index (χ1v) is 23.4. The maximum Gasteiger partial charge on any atom is 0.293 e. The molecule has 0 radical (unpaired) electrons. The molecule has 9 rings (SSSR count). The molecule has 14 nitrogen and oxygen atoms in total. The minimum Gasteiger partial charge on any atom is -0.455 e. The zero-order valence-corrected chi connectivity index (χ0v) is 36.4. The number of sulfonamides is 1. The number of piperazine rings is 1. The first-order chi connectivity index (χ1) is 29.6. The average Bonchev–Trinajstić information content (AvgIpc) is 3.79. The molecule has 3 aliphatic carbocycles. The summed E-state index contributed by atoms with van der Waals surface area (Å²) in [5.74, 6) is 2.89. The molecule has 2 saturated carbocycles. The third-order valence-electron chi connectivity index (χ3n) is 14.1. The fourth-order valence-corrected chi connectivity index (χ4v) is 11.3. The number of carbonyl (C=O) groups excluding carboxylic acids is 1. The standard InChI is InChI=1S/C46H56FN7O7S/c1-29-20-37(38-24-36(29)38)39-25-45(2,3)10-8-31(39)27-52-14-16-53(17-15-52)32-4-6-35(42(22-32)61-33-21-30-9-13-48-43(30)49-26-33)44(55)51-62(58,59)34-5-7-40(41(23-34)54(56)57)50-28-46(47)11-18-60-19-12-46/h4-7,9,13,21-23,26,29,36-38,50H,8,10-12,14-20,24-25,27-28H2,1-3H3,(H,48,49)(H,51,55)/t29-,36?,37+,38?/m0/s1. The van der Waals surface area contributed by atoms with Gasteiger partial charge >= 0.3 is 0 Å². The third-order valence-corrected chi connectivity index (χ3v) is 15.4. The van der Waals surface area contributed by atoms with Gasteiger partial charge in [-0.3, -0.25) is 19.8 Å². The van der Waals surface area contributed by atoms with Crippen LogP contribution in [0, 0.1) is 39.2 Å². The van der Waals surface area contributed by atoms with Crippen molar-refractivity contribution >= 4 is 44.0 Å². The Labute approximate surface area is 361 Å². The second-order valence-corrected chi connectivity index (χ2v) is 20.7. The molecule has 330 valence electrons. The Hall–Kier alpha value is -5.06. The minimum atomic E-state index is -4.62. The number of nitro groups is 1. The Kier molecular flexibility index (Phi) is 11.3. The van der Waals surface area contributed by atoms with E-state index in [1.54, 1.807) is 35.5 Å². The summed E-state index contributed by atoms with van der Waals surface area (Å²) in [5.41, 5.74) is 2.96. The molecule has 2 saturated heterocycles. The predicted octanol–water partition coefficient (Wildman–Crippen LogP) is 8.23. The fraction of sp³-hybridized carbons (Fsp3) is 0.522. The summed E-state index contributed by atoms with van der Waals surface area (Å²) in [6.45, 7) is 11.9. The van der Waals surface area contributed by atoms with Crippen LogP contribution in [0.1, 0.15) is 76.1 Å². The average molecular weight is 870 g/mol. The minimum absolute atomic E-state index is 0.0428. The summed E-state index contributed by atoms with van der Waals surface area (Å²) in [6, 6.07) is 11.9. The van der Waals surface area contributed by atoms with Gasteiger partial charge in [-0.25, -0.2) is 22.5 Å². The van der Waals surface area contributed by atoms with E-state index in [1.807, 2.05) is 6.07 Å². The number of nitro benzene ring substituents is 1. The number of nitrogens with one attached hydrogen (secondary N) is 3. The van der Waals surface area contributed by atoms with Crippen LogP contribution in [0.15, 0.2) is 77.0 Å². The maximum absolute atomic E-state index is 15.2. The number of pyridine rings is 1. The van der Waals surface area contributed by atoms with Crippen molar-refractivity contribution in [2.45, 2.75) is 76.3 Å². The first-order valence-electron chi connectivity index (χ1n) is 21.9. The molecular formula is C46H56FN7O7S. The molecule has 0 bridgehead atoms. The van der Waals surface area contributed by atoms with Gasteiger partial charge in [0.05, 0.1) is 21.6 Å². The van der Waals surface area contributed by atoms with Gasteiger partial charge < -0.3 is 24.7 Å². The number of H-pyrrole nitrogens is 1. The van der Waals surface area contributed by atoms with Crippen molar-refractivity contribution in [1.29, 1.82) is 0 Å². The lowest BCUT2D eigenvalue weighted by molar-refractivity contribution is -0.384. The highest BCUT2D eigenvalue weighted by molar-refractivity contribution is 7.90. The van der Waals surface area contributed by atoms with E-state index >= 15 is 4.39 Å². The smallest absolute Gasteiger partial charge is 0.293 e. The third kappa shape index (κ3) is 8.91. The van der Waals surface area contributed by atoms with E-state index in [0.29, 0.717) is 16.8 Å². The molecule has 2 aromatic heterocycles. The van der Waals surface area contributed by atoms with Crippen molar-refractivity contribution in [3.63, 3.8) is 0 Å². The zero-order chi connectivity index (χ0) is 43.4. The zero-order valence-electron chi connectivity index (χ0n) is 35.6. The SMILES string of the molecule is C[C@H]1C[C@@H](C2=C(CN3CCN(c4ccc(C(=O)NS(=O)(=O)c5ccc(NCC6(F)CCOCC6)c([N+](=O)[O-])c5)c(Oc5cnc6[nH]ccc6c5)c4)CC3)CCC(C)(C)C2)C2CC21. The molecule has 2 unspecified atom stereocenters. The van der Waals surface area contributed by atoms with Gasteiger partial charge in [0, 0.05) is 94.7 Å². The second kappa shape index (κ2) is 16.6. The number of allylic oxidation sites excluding steroid dienone is 1. The van der Waals surface area contributed by atoms with Gasteiger partial charge in [-0.15, -0.1) is 0 Å².